The van der Waals surface area contributed by atoms with Crippen LogP contribution < -0.4 is 15.4 Å². The van der Waals surface area contributed by atoms with Gasteiger partial charge in [-0.2, -0.15) is 0 Å². The number of aliphatic imine (C=N–C) groups is 1. The molecule has 0 bridgehead atoms. The number of nitrogens with one attached hydrogen (secondary N) is 2. The highest BCUT2D eigenvalue weighted by atomic mass is 127. The topological polar surface area (TPSA) is 79.0 Å². The van der Waals surface area contributed by atoms with Crippen LogP contribution in [0.1, 0.15) is 56.4 Å². The summed E-state index contributed by atoms with van der Waals surface area (Å²) < 4.78 is 11.8. The number of aliphatic hydroxyl groups is 1. The SMILES string of the molecule is CN=C(NCC(C)(O)c1ccco1)NC1CC2(CCCC2)Oc2ccccc21.I. The Kier molecular flexibility index (Phi) is 6.78. The maximum Gasteiger partial charge on any atom is 0.191 e. The molecule has 4 rings (SSSR count). The first-order valence-corrected chi connectivity index (χ1v) is 10.0. The second-order valence-electron chi connectivity index (χ2n) is 8.11. The average Bonchev–Trinajstić information content (AvgIpc) is 3.38. The van der Waals surface area contributed by atoms with E-state index in [2.05, 4.69) is 27.8 Å². The summed E-state index contributed by atoms with van der Waals surface area (Å²) in [5, 5.41) is 17.5. The fraction of sp³-hybridized carbons (Fsp3) is 0.500. The third-order valence-corrected chi connectivity index (χ3v) is 5.90. The summed E-state index contributed by atoms with van der Waals surface area (Å²) in [7, 11) is 1.74. The third kappa shape index (κ3) is 4.71. The number of rotatable bonds is 4. The molecular formula is C22H30IN3O3. The van der Waals surface area contributed by atoms with Crippen molar-refractivity contribution in [3.63, 3.8) is 0 Å². The summed E-state index contributed by atoms with van der Waals surface area (Å²) >= 11 is 0. The van der Waals surface area contributed by atoms with Crippen molar-refractivity contribution in [3.8, 4) is 5.75 Å². The van der Waals surface area contributed by atoms with Gasteiger partial charge in [0.15, 0.2) is 5.96 Å². The van der Waals surface area contributed by atoms with Crippen LogP contribution in [0.4, 0.5) is 0 Å². The first-order chi connectivity index (χ1) is 13.5. The Morgan fingerprint density at radius 3 is 2.69 bits per heavy atom. The number of fused-ring (bicyclic) bond motifs is 1. The van der Waals surface area contributed by atoms with E-state index in [0.29, 0.717) is 11.7 Å². The van der Waals surface area contributed by atoms with E-state index >= 15 is 0 Å². The van der Waals surface area contributed by atoms with Crippen LogP contribution in [0.15, 0.2) is 52.1 Å². The maximum absolute atomic E-state index is 10.7. The Morgan fingerprint density at radius 1 is 1.24 bits per heavy atom. The lowest BCUT2D eigenvalue weighted by Crippen LogP contribution is -2.49. The van der Waals surface area contributed by atoms with Gasteiger partial charge in [0.1, 0.15) is 22.7 Å². The van der Waals surface area contributed by atoms with Crippen molar-refractivity contribution in [2.45, 2.75) is 56.3 Å². The van der Waals surface area contributed by atoms with Gasteiger partial charge in [0, 0.05) is 19.0 Å². The van der Waals surface area contributed by atoms with Crippen LogP contribution in [0.5, 0.6) is 5.75 Å². The summed E-state index contributed by atoms with van der Waals surface area (Å²) in [6.45, 7) is 2.01. The second-order valence-corrected chi connectivity index (χ2v) is 8.11. The van der Waals surface area contributed by atoms with Crippen molar-refractivity contribution >= 4 is 29.9 Å². The molecule has 2 heterocycles. The molecule has 1 aromatic carbocycles. The quantitative estimate of drug-likeness (QED) is 0.327. The second kappa shape index (κ2) is 8.95. The van der Waals surface area contributed by atoms with Crippen molar-refractivity contribution < 1.29 is 14.3 Å². The van der Waals surface area contributed by atoms with Gasteiger partial charge in [0.2, 0.25) is 0 Å². The number of ether oxygens (including phenoxy) is 1. The largest absolute Gasteiger partial charge is 0.487 e. The molecule has 6 nitrogen and oxygen atoms in total. The molecule has 1 spiro atoms. The molecule has 2 aliphatic rings. The first-order valence-electron chi connectivity index (χ1n) is 10.0. The Balaban J connectivity index is 0.00000240. The van der Waals surface area contributed by atoms with Crippen LogP contribution in [0.3, 0.4) is 0 Å². The van der Waals surface area contributed by atoms with Crippen LogP contribution in [0.25, 0.3) is 0 Å². The van der Waals surface area contributed by atoms with Crippen LogP contribution >= 0.6 is 24.0 Å². The van der Waals surface area contributed by atoms with Gasteiger partial charge in [-0.3, -0.25) is 4.99 Å². The van der Waals surface area contributed by atoms with E-state index in [0.717, 1.165) is 30.6 Å². The van der Waals surface area contributed by atoms with E-state index < -0.39 is 5.60 Å². The van der Waals surface area contributed by atoms with Gasteiger partial charge >= 0.3 is 0 Å². The molecule has 3 N–H and O–H groups in total. The summed E-state index contributed by atoms with van der Waals surface area (Å²) in [5.41, 5.74) is -0.0490. The van der Waals surface area contributed by atoms with Crippen molar-refractivity contribution in [3.05, 3.63) is 54.0 Å². The molecule has 1 fully saturated rings. The minimum Gasteiger partial charge on any atom is -0.487 e. The van der Waals surface area contributed by atoms with E-state index in [1.807, 2.05) is 12.1 Å². The van der Waals surface area contributed by atoms with Gasteiger partial charge in [0.25, 0.3) is 0 Å². The number of nitrogens with zero attached hydrogens (tertiary/aromatic N) is 1. The predicted octanol–water partition coefficient (Wildman–Crippen LogP) is 4.11. The van der Waals surface area contributed by atoms with E-state index in [9.17, 15) is 5.11 Å². The van der Waals surface area contributed by atoms with Gasteiger partial charge in [-0.15, -0.1) is 24.0 Å². The number of hydrogen-bond donors (Lipinski definition) is 3. The molecule has 0 radical (unpaired) electrons. The number of furan rings is 1. The molecule has 7 heteroatoms. The minimum atomic E-state index is -1.12. The van der Waals surface area contributed by atoms with Crippen molar-refractivity contribution in [1.82, 2.24) is 10.6 Å². The lowest BCUT2D eigenvalue weighted by molar-refractivity contribution is 0.0359. The molecule has 1 saturated carbocycles. The Bertz CT molecular complexity index is 830. The number of hydrogen-bond acceptors (Lipinski definition) is 4. The number of para-hydroxylation sites is 1. The molecule has 2 atom stereocenters. The maximum atomic E-state index is 10.7. The van der Waals surface area contributed by atoms with Crippen LogP contribution in [0, 0.1) is 0 Å². The molecule has 1 aliphatic heterocycles. The van der Waals surface area contributed by atoms with E-state index in [4.69, 9.17) is 9.15 Å². The predicted molar refractivity (Wildman–Crippen MR) is 124 cm³/mol. The standard InChI is InChI=1S/C22H29N3O3.HI/c1-21(26,19-10-7-13-27-19)15-24-20(23-2)25-17-14-22(11-5-6-12-22)28-18-9-4-3-8-16(17)18;/h3-4,7-10,13,17,26H,5-6,11-12,14-15H2,1-2H3,(H2,23,24,25);1H. The van der Waals surface area contributed by atoms with E-state index in [1.54, 1.807) is 32.4 Å². The van der Waals surface area contributed by atoms with Crippen LogP contribution in [-0.2, 0) is 5.60 Å². The van der Waals surface area contributed by atoms with Crippen LogP contribution in [0.2, 0.25) is 0 Å². The zero-order chi connectivity index (χ0) is 19.6. The molecule has 2 aromatic rings. The highest BCUT2D eigenvalue weighted by molar-refractivity contribution is 14.0. The summed E-state index contributed by atoms with van der Waals surface area (Å²) in [4.78, 5) is 4.37. The molecule has 0 amide bonds. The van der Waals surface area contributed by atoms with Crippen molar-refractivity contribution in [1.29, 1.82) is 0 Å². The Hall–Kier alpha value is -1.74. The van der Waals surface area contributed by atoms with Gasteiger partial charge in [-0.25, -0.2) is 0 Å². The summed E-state index contributed by atoms with van der Waals surface area (Å²) in [6.07, 6.45) is 7.11. The lowest BCUT2D eigenvalue weighted by Gasteiger charge is -2.40. The zero-order valence-electron chi connectivity index (χ0n) is 17.0. The molecule has 2 unspecified atom stereocenters. The average molecular weight is 511 g/mol. The molecule has 158 valence electrons. The molecule has 1 aliphatic carbocycles. The highest BCUT2D eigenvalue weighted by Gasteiger charge is 2.43. The van der Waals surface area contributed by atoms with E-state index in [1.165, 1.54) is 12.8 Å². The van der Waals surface area contributed by atoms with Crippen molar-refractivity contribution in [2.75, 3.05) is 13.6 Å². The monoisotopic (exact) mass is 511 g/mol. The van der Waals surface area contributed by atoms with E-state index in [-0.39, 0.29) is 42.2 Å². The highest BCUT2D eigenvalue weighted by Crippen LogP contribution is 2.46. The van der Waals surface area contributed by atoms with Crippen LogP contribution in [-0.4, -0.2) is 30.3 Å². The van der Waals surface area contributed by atoms with Gasteiger partial charge < -0.3 is 24.9 Å². The zero-order valence-corrected chi connectivity index (χ0v) is 19.3. The number of guanidine groups is 1. The lowest BCUT2D eigenvalue weighted by atomic mass is 9.86. The Labute approximate surface area is 189 Å². The minimum absolute atomic E-state index is 0. The summed E-state index contributed by atoms with van der Waals surface area (Å²) in [5.74, 6) is 2.14. The first kappa shape index (κ1) is 22.0. The molecule has 1 aromatic heterocycles. The molecular weight excluding hydrogens is 481 g/mol. The molecule has 0 saturated heterocycles. The number of halogens is 1. The fourth-order valence-corrected chi connectivity index (χ4v) is 4.36. The van der Waals surface area contributed by atoms with Gasteiger partial charge in [-0.1, -0.05) is 18.2 Å². The van der Waals surface area contributed by atoms with Gasteiger partial charge in [-0.05, 0) is 50.8 Å². The fourth-order valence-electron chi connectivity index (χ4n) is 4.36. The molecule has 29 heavy (non-hydrogen) atoms. The van der Waals surface area contributed by atoms with Crippen molar-refractivity contribution in [2.24, 2.45) is 4.99 Å². The Morgan fingerprint density at radius 2 is 2.00 bits per heavy atom. The summed E-state index contributed by atoms with van der Waals surface area (Å²) in [6, 6.07) is 11.9. The normalized spacial score (nSPS) is 22.2. The third-order valence-electron chi connectivity index (χ3n) is 5.90. The number of benzene rings is 1. The smallest absolute Gasteiger partial charge is 0.191 e. The van der Waals surface area contributed by atoms with Gasteiger partial charge in [0.05, 0.1) is 18.8 Å².